The van der Waals surface area contributed by atoms with Gasteiger partial charge in [0.25, 0.3) is 5.91 Å². The van der Waals surface area contributed by atoms with Gasteiger partial charge in [0.05, 0.1) is 13.2 Å². The number of nitrogens with one attached hydrogen (secondary N) is 2. The molecule has 0 aliphatic carbocycles. The molecule has 0 aliphatic rings. The largest absolute Gasteiger partial charge is 0.494 e. The molecule has 2 aromatic carbocycles. The second kappa shape index (κ2) is 11.8. The van der Waals surface area contributed by atoms with E-state index in [2.05, 4.69) is 29.7 Å². The predicted molar refractivity (Wildman–Crippen MR) is 112 cm³/mol. The molecule has 2 amide bonds. The standard InChI is InChI=1S/C23H30N2O3/c1-3-4-16-28-21-14-12-20(13-15-21)23(27)24-17-22(26)25-18(2)10-11-19-8-6-5-7-9-19/h5-9,12-15,18H,3-4,10-11,16-17H2,1-2H3,(H,24,27)(H,25,26)/t18-/m0/s1. The molecule has 0 unspecified atom stereocenters. The number of carbonyl (C=O) groups is 2. The number of ether oxygens (including phenoxy) is 1. The van der Waals surface area contributed by atoms with Crippen molar-refractivity contribution < 1.29 is 14.3 Å². The molecule has 1 atom stereocenters. The summed E-state index contributed by atoms with van der Waals surface area (Å²) in [5, 5.41) is 5.58. The minimum atomic E-state index is -0.271. The summed E-state index contributed by atoms with van der Waals surface area (Å²) in [7, 11) is 0. The highest BCUT2D eigenvalue weighted by Crippen LogP contribution is 2.12. The van der Waals surface area contributed by atoms with E-state index in [0.29, 0.717) is 12.2 Å². The molecular formula is C23H30N2O3. The number of hydrogen-bond donors (Lipinski definition) is 2. The maximum absolute atomic E-state index is 12.2. The van der Waals surface area contributed by atoms with Crippen molar-refractivity contribution in [3.05, 3.63) is 65.7 Å². The maximum atomic E-state index is 12.2. The van der Waals surface area contributed by atoms with Gasteiger partial charge in [-0.1, -0.05) is 43.7 Å². The van der Waals surface area contributed by atoms with Crippen LogP contribution in [-0.4, -0.2) is 31.0 Å². The van der Waals surface area contributed by atoms with Gasteiger partial charge >= 0.3 is 0 Å². The smallest absolute Gasteiger partial charge is 0.251 e. The first-order valence-corrected chi connectivity index (χ1v) is 9.93. The zero-order valence-corrected chi connectivity index (χ0v) is 16.7. The Kier molecular flexibility index (Phi) is 9.05. The lowest BCUT2D eigenvalue weighted by Gasteiger charge is -2.14. The average molecular weight is 383 g/mol. The van der Waals surface area contributed by atoms with Crippen LogP contribution in [0.2, 0.25) is 0 Å². The number of carbonyl (C=O) groups excluding carboxylic acids is 2. The molecule has 0 fully saturated rings. The Bertz CT molecular complexity index is 729. The molecule has 2 aromatic rings. The van der Waals surface area contributed by atoms with E-state index in [0.717, 1.165) is 31.4 Å². The van der Waals surface area contributed by atoms with Gasteiger partial charge in [-0.3, -0.25) is 9.59 Å². The third-order valence-corrected chi connectivity index (χ3v) is 4.41. The Morgan fingerprint density at radius 1 is 1.04 bits per heavy atom. The number of amides is 2. The molecule has 0 aromatic heterocycles. The minimum Gasteiger partial charge on any atom is -0.494 e. The van der Waals surface area contributed by atoms with Crippen molar-refractivity contribution in [3.63, 3.8) is 0 Å². The highest BCUT2D eigenvalue weighted by atomic mass is 16.5. The summed E-state index contributed by atoms with van der Waals surface area (Å²) in [6.07, 6.45) is 3.83. The number of rotatable bonds is 11. The molecule has 0 aliphatic heterocycles. The molecule has 0 radical (unpaired) electrons. The minimum absolute atomic E-state index is 0.0384. The van der Waals surface area contributed by atoms with Gasteiger partial charge in [0.1, 0.15) is 5.75 Å². The van der Waals surface area contributed by atoms with Crippen LogP contribution in [0, 0.1) is 0 Å². The fraction of sp³-hybridized carbons (Fsp3) is 0.391. The van der Waals surface area contributed by atoms with Gasteiger partial charge in [0.15, 0.2) is 0 Å². The summed E-state index contributed by atoms with van der Waals surface area (Å²) in [4.78, 5) is 24.2. The third kappa shape index (κ3) is 7.82. The molecule has 28 heavy (non-hydrogen) atoms. The van der Waals surface area contributed by atoms with E-state index in [1.54, 1.807) is 24.3 Å². The Balaban J connectivity index is 1.69. The molecule has 2 N–H and O–H groups in total. The zero-order valence-electron chi connectivity index (χ0n) is 16.7. The van der Waals surface area contributed by atoms with Crippen molar-refractivity contribution in [1.82, 2.24) is 10.6 Å². The normalized spacial score (nSPS) is 11.5. The topological polar surface area (TPSA) is 67.4 Å². The van der Waals surface area contributed by atoms with Gasteiger partial charge in [0.2, 0.25) is 5.91 Å². The quantitative estimate of drug-likeness (QED) is 0.582. The zero-order chi connectivity index (χ0) is 20.2. The van der Waals surface area contributed by atoms with Crippen molar-refractivity contribution >= 4 is 11.8 Å². The monoisotopic (exact) mass is 382 g/mol. The van der Waals surface area contributed by atoms with Crippen molar-refractivity contribution in [2.75, 3.05) is 13.2 Å². The lowest BCUT2D eigenvalue weighted by Crippen LogP contribution is -2.41. The van der Waals surface area contributed by atoms with E-state index >= 15 is 0 Å². The first-order valence-electron chi connectivity index (χ1n) is 9.93. The predicted octanol–water partition coefficient (Wildman–Crippen LogP) is 3.73. The first kappa shape index (κ1) is 21.5. The fourth-order valence-electron chi connectivity index (χ4n) is 2.73. The Labute approximate surface area is 167 Å². The molecule has 0 spiro atoms. The SMILES string of the molecule is CCCCOc1ccc(C(=O)NCC(=O)N[C@@H](C)CCc2ccccc2)cc1. The van der Waals surface area contributed by atoms with Crippen LogP contribution in [0.1, 0.15) is 49.0 Å². The summed E-state index contributed by atoms with van der Waals surface area (Å²) in [6.45, 7) is 4.71. The Morgan fingerprint density at radius 3 is 2.43 bits per heavy atom. The lowest BCUT2D eigenvalue weighted by atomic mass is 10.1. The lowest BCUT2D eigenvalue weighted by molar-refractivity contribution is -0.120. The van der Waals surface area contributed by atoms with Crippen molar-refractivity contribution in [2.24, 2.45) is 0 Å². The van der Waals surface area contributed by atoms with Gasteiger partial charge in [-0.2, -0.15) is 0 Å². The molecule has 0 saturated heterocycles. The van der Waals surface area contributed by atoms with Crippen molar-refractivity contribution in [2.45, 2.75) is 45.6 Å². The van der Waals surface area contributed by atoms with Gasteiger partial charge in [-0.15, -0.1) is 0 Å². The Hall–Kier alpha value is -2.82. The Morgan fingerprint density at radius 2 is 1.75 bits per heavy atom. The fourth-order valence-corrected chi connectivity index (χ4v) is 2.73. The van der Waals surface area contributed by atoms with Crippen LogP contribution in [0.3, 0.4) is 0 Å². The summed E-state index contributed by atoms with van der Waals surface area (Å²) in [5.41, 5.74) is 1.76. The summed E-state index contributed by atoms with van der Waals surface area (Å²) in [6, 6.07) is 17.2. The summed E-state index contributed by atoms with van der Waals surface area (Å²) >= 11 is 0. The molecule has 0 heterocycles. The highest BCUT2D eigenvalue weighted by molar-refractivity contribution is 5.96. The van der Waals surface area contributed by atoms with Gasteiger partial charge in [-0.05, 0) is 56.0 Å². The molecule has 150 valence electrons. The second-order valence-electron chi connectivity index (χ2n) is 6.90. The van der Waals surface area contributed by atoms with Crippen molar-refractivity contribution in [1.29, 1.82) is 0 Å². The van der Waals surface area contributed by atoms with E-state index in [1.807, 2.05) is 25.1 Å². The van der Waals surface area contributed by atoms with Crippen molar-refractivity contribution in [3.8, 4) is 5.75 Å². The molecule has 0 saturated carbocycles. The van der Waals surface area contributed by atoms with Gasteiger partial charge < -0.3 is 15.4 Å². The molecule has 0 bridgehead atoms. The average Bonchev–Trinajstić information content (AvgIpc) is 2.72. The van der Waals surface area contributed by atoms with Crippen LogP contribution >= 0.6 is 0 Å². The molecule has 5 heteroatoms. The van der Waals surface area contributed by atoms with E-state index in [1.165, 1.54) is 5.56 Å². The number of aryl methyl sites for hydroxylation is 1. The maximum Gasteiger partial charge on any atom is 0.251 e. The van der Waals surface area contributed by atoms with Gasteiger partial charge in [-0.25, -0.2) is 0 Å². The second-order valence-corrected chi connectivity index (χ2v) is 6.90. The van der Waals surface area contributed by atoms with Crippen LogP contribution in [0.25, 0.3) is 0 Å². The van der Waals surface area contributed by atoms with E-state index < -0.39 is 0 Å². The number of benzene rings is 2. The first-order chi connectivity index (χ1) is 13.6. The summed E-state index contributed by atoms with van der Waals surface area (Å²) < 4.78 is 5.58. The molecule has 5 nitrogen and oxygen atoms in total. The summed E-state index contributed by atoms with van der Waals surface area (Å²) in [5.74, 6) is 0.288. The van der Waals surface area contributed by atoms with Crippen LogP contribution in [0.5, 0.6) is 5.75 Å². The van der Waals surface area contributed by atoms with E-state index in [4.69, 9.17) is 4.74 Å². The highest BCUT2D eigenvalue weighted by Gasteiger charge is 2.11. The van der Waals surface area contributed by atoms with E-state index in [-0.39, 0.29) is 24.4 Å². The van der Waals surface area contributed by atoms with E-state index in [9.17, 15) is 9.59 Å². The van der Waals surface area contributed by atoms with Crippen LogP contribution in [0.4, 0.5) is 0 Å². The molecule has 2 rings (SSSR count). The third-order valence-electron chi connectivity index (χ3n) is 4.41. The van der Waals surface area contributed by atoms with Gasteiger partial charge in [0, 0.05) is 11.6 Å². The van der Waals surface area contributed by atoms with Crippen LogP contribution in [-0.2, 0) is 11.2 Å². The number of unbranched alkanes of at least 4 members (excludes halogenated alkanes) is 1. The van der Waals surface area contributed by atoms with Crippen LogP contribution < -0.4 is 15.4 Å². The number of hydrogen-bond acceptors (Lipinski definition) is 3. The molecular weight excluding hydrogens is 352 g/mol. The van der Waals surface area contributed by atoms with Crippen LogP contribution in [0.15, 0.2) is 54.6 Å².